The van der Waals surface area contributed by atoms with Crippen molar-refractivity contribution in [3.63, 3.8) is 0 Å². The molecule has 0 amide bonds. The molecule has 0 radical (unpaired) electrons. The molecule has 0 saturated heterocycles. The molecule has 0 saturated carbocycles. The number of hydrogen-bond donors (Lipinski definition) is 1. The zero-order valence-corrected chi connectivity index (χ0v) is 13.2. The van der Waals surface area contributed by atoms with E-state index in [2.05, 4.69) is 0 Å². The third-order valence-electron chi connectivity index (χ3n) is 2.93. The molecule has 21 heavy (non-hydrogen) atoms. The van der Waals surface area contributed by atoms with Gasteiger partial charge in [-0.3, -0.25) is 0 Å². The summed E-state index contributed by atoms with van der Waals surface area (Å²) in [4.78, 5) is 13.0. The number of rotatable bonds is 4. The van der Waals surface area contributed by atoms with Crippen molar-refractivity contribution in [2.75, 3.05) is 6.26 Å². The summed E-state index contributed by atoms with van der Waals surface area (Å²) in [6.07, 6.45) is 1.16. The van der Waals surface area contributed by atoms with Gasteiger partial charge in [-0.15, -0.1) is 0 Å². The molecule has 0 heterocycles. The van der Waals surface area contributed by atoms with Crippen LogP contribution in [0.25, 0.3) is 0 Å². The Hall–Kier alpha value is -1.79. The highest BCUT2D eigenvalue weighted by atomic mass is 32.2. The first-order valence-electron chi connectivity index (χ1n) is 6.09. The quantitative estimate of drug-likeness (QED) is 0.935. The van der Waals surface area contributed by atoms with Crippen LogP contribution in [0.4, 0.5) is 0 Å². The number of aromatic carboxylic acids is 1. The summed E-state index contributed by atoms with van der Waals surface area (Å²) < 4.78 is 22.8. The van der Waals surface area contributed by atoms with Gasteiger partial charge in [0.25, 0.3) is 0 Å². The summed E-state index contributed by atoms with van der Waals surface area (Å²) in [5, 5.41) is 9.11. The molecule has 0 aliphatic heterocycles. The van der Waals surface area contributed by atoms with Crippen LogP contribution >= 0.6 is 11.8 Å². The molecular weight excluding hydrogens is 308 g/mol. The van der Waals surface area contributed by atoms with Crippen molar-refractivity contribution in [3.8, 4) is 0 Å². The van der Waals surface area contributed by atoms with Gasteiger partial charge in [0.1, 0.15) is 0 Å². The van der Waals surface area contributed by atoms with Crippen molar-refractivity contribution >= 4 is 27.6 Å². The average Bonchev–Trinajstić information content (AvgIpc) is 2.40. The number of carbonyl (C=O) groups is 1. The minimum Gasteiger partial charge on any atom is -0.478 e. The Morgan fingerprint density at radius 1 is 1.05 bits per heavy atom. The van der Waals surface area contributed by atoms with Crippen molar-refractivity contribution in [3.05, 3.63) is 53.6 Å². The predicted molar refractivity (Wildman–Crippen MR) is 81.8 cm³/mol. The maximum atomic E-state index is 11.4. The van der Waals surface area contributed by atoms with Gasteiger partial charge in [0.05, 0.1) is 10.5 Å². The first kappa shape index (κ1) is 15.6. The molecule has 0 spiro atoms. The molecule has 0 bridgehead atoms. The number of carboxylic acids is 1. The lowest BCUT2D eigenvalue weighted by molar-refractivity contribution is 0.0696. The number of aryl methyl sites for hydroxylation is 1. The maximum Gasteiger partial charge on any atom is 0.335 e. The van der Waals surface area contributed by atoms with E-state index in [1.54, 1.807) is 43.3 Å². The molecule has 2 aromatic rings. The average molecular weight is 322 g/mol. The van der Waals surface area contributed by atoms with Gasteiger partial charge >= 0.3 is 5.97 Å². The lowest BCUT2D eigenvalue weighted by atomic mass is 10.1. The zero-order valence-electron chi connectivity index (χ0n) is 11.5. The molecular formula is C15H14O4S2. The molecule has 0 atom stereocenters. The van der Waals surface area contributed by atoms with Crippen LogP contribution < -0.4 is 0 Å². The van der Waals surface area contributed by atoms with Crippen molar-refractivity contribution in [2.24, 2.45) is 0 Å². The number of carboxylic acid groups (broad SMARTS) is 1. The molecule has 0 aromatic heterocycles. The van der Waals surface area contributed by atoms with E-state index in [4.69, 9.17) is 5.11 Å². The number of sulfone groups is 1. The second-order valence-corrected chi connectivity index (χ2v) is 7.79. The van der Waals surface area contributed by atoms with Crippen LogP contribution in [-0.4, -0.2) is 25.7 Å². The van der Waals surface area contributed by atoms with Crippen LogP contribution in [0.3, 0.4) is 0 Å². The van der Waals surface area contributed by atoms with Gasteiger partial charge in [0.15, 0.2) is 9.84 Å². The molecule has 2 aromatic carbocycles. The van der Waals surface area contributed by atoms with E-state index in [0.29, 0.717) is 5.56 Å². The van der Waals surface area contributed by atoms with E-state index < -0.39 is 15.8 Å². The smallest absolute Gasteiger partial charge is 0.335 e. The fourth-order valence-corrected chi connectivity index (χ4v) is 3.27. The summed E-state index contributed by atoms with van der Waals surface area (Å²) in [6, 6.07) is 11.7. The van der Waals surface area contributed by atoms with E-state index in [1.165, 1.54) is 11.8 Å². The fourth-order valence-electron chi connectivity index (χ4n) is 1.79. The zero-order chi connectivity index (χ0) is 15.6. The van der Waals surface area contributed by atoms with Crippen molar-refractivity contribution in [2.45, 2.75) is 21.6 Å². The molecule has 2 rings (SSSR count). The Kier molecular flexibility index (Phi) is 4.39. The summed E-state index contributed by atoms with van der Waals surface area (Å²) in [5.41, 5.74) is 0.979. The highest BCUT2D eigenvalue weighted by molar-refractivity contribution is 7.99. The van der Waals surface area contributed by atoms with Crippen LogP contribution in [0.15, 0.2) is 57.2 Å². The van der Waals surface area contributed by atoms with Gasteiger partial charge in [0, 0.05) is 16.0 Å². The monoisotopic (exact) mass is 322 g/mol. The highest BCUT2D eigenvalue weighted by Crippen LogP contribution is 2.29. The van der Waals surface area contributed by atoms with Gasteiger partial charge in [-0.1, -0.05) is 17.8 Å². The topological polar surface area (TPSA) is 71.4 Å². The van der Waals surface area contributed by atoms with Gasteiger partial charge in [-0.25, -0.2) is 13.2 Å². The molecule has 6 heteroatoms. The van der Waals surface area contributed by atoms with Crippen LogP contribution in [-0.2, 0) is 9.84 Å². The SMILES string of the molecule is Cc1ccc(Sc2ccc(S(C)(=O)=O)cc2)cc1C(=O)O. The Labute approximate surface area is 127 Å². The number of benzene rings is 2. The summed E-state index contributed by atoms with van der Waals surface area (Å²) >= 11 is 1.39. The molecule has 0 unspecified atom stereocenters. The molecule has 0 aliphatic carbocycles. The van der Waals surface area contributed by atoms with E-state index in [-0.39, 0.29) is 10.5 Å². The standard InChI is InChI=1S/C15H14O4S2/c1-10-3-4-12(9-14(10)15(16)17)20-11-5-7-13(8-6-11)21(2,18)19/h3-9H,1-2H3,(H,16,17). The number of hydrogen-bond acceptors (Lipinski definition) is 4. The summed E-state index contributed by atoms with van der Waals surface area (Å²) in [7, 11) is -3.20. The second-order valence-electron chi connectivity index (χ2n) is 4.63. The maximum absolute atomic E-state index is 11.4. The van der Waals surface area contributed by atoms with Crippen LogP contribution in [0.2, 0.25) is 0 Å². The lowest BCUT2D eigenvalue weighted by Crippen LogP contribution is -1.99. The minimum absolute atomic E-state index is 0.266. The first-order valence-corrected chi connectivity index (χ1v) is 8.80. The third-order valence-corrected chi connectivity index (χ3v) is 5.05. The molecule has 1 N–H and O–H groups in total. The van der Waals surface area contributed by atoms with E-state index in [9.17, 15) is 13.2 Å². The van der Waals surface area contributed by atoms with Crippen molar-refractivity contribution < 1.29 is 18.3 Å². The molecule has 0 aliphatic rings. The summed E-state index contributed by atoms with van der Waals surface area (Å²) in [6.45, 7) is 1.75. The Morgan fingerprint density at radius 2 is 1.62 bits per heavy atom. The Balaban J connectivity index is 2.26. The van der Waals surface area contributed by atoms with Crippen LogP contribution in [0.5, 0.6) is 0 Å². The van der Waals surface area contributed by atoms with Gasteiger partial charge in [-0.05, 0) is 48.9 Å². The van der Waals surface area contributed by atoms with Crippen LogP contribution in [0.1, 0.15) is 15.9 Å². The summed E-state index contributed by atoms with van der Waals surface area (Å²) in [5.74, 6) is -0.956. The molecule has 110 valence electrons. The lowest BCUT2D eigenvalue weighted by Gasteiger charge is -2.06. The minimum atomic E-state index is -3.20. The van der Waals surface area contributed by atoms with Crippen LogP contribution in [0, 0.1) is 6.92 Å². The van der Waals surface area contributed by atoms with Crippen molar-refractivity contribution in [1.82, 2.24) is 0 Å². The highest BCUT2D eigenvalue weighted by Gasteiger charge is 2.10. The fraction of sp³-hybridized carbons (Fsp3) is 0.133. The van der Waals surface area contributed by atoms with E-state index in [0.717, 1.165) is 16.0 Å². The second kappa shape index (κ2) is 5.91. The largest absolute Gasteiger partial charge is 0.478 e. The van der Waals surface area contributed by atoms with E-state index in [1.807, 2.05) is 6.07 Å². The first-order chi connectivity index (χ1) is 9.77. The van der Waals surface area contributed by atoms with Crippen molar-refractivity contribution in [1.29, 1.82) is 0 Å². The Bertz CT molecular complexity index is 778. The normalized spacial score (nSPS) is 11.3. The van der Waals surface area contributed by atoms with Gasteiger partial charge < -0.3 is 5.11 Å². The molecule has 4 nitrogen and oxygen atoms in total. The van der Waals surface area contributed by atoms with Gasteiger partial charge in [-0.2, -0.15) is 0 Å². The van der Waals surface area contributed by atoms with Gasteiger partial charge in [0.2, 0.25) is 0 Å². The third kappa shape index (κ3) is 3.86. The molecule has 0 fully saturated rings. The van der Waals surface area contributed by atoms with E-state index >= 15 is 0 Å². The Morgan fingerprint density at radius 3 is 2.14 bits per heavy atom. The predicted octanol–water partition coefficient (Wildman–Crippen LogP) is 3.25.